The highest BCUT2D eigenvalue weighted by Crippen LogP contribution is 2.14. The predicted molar refractivity (Wildman–Crippen MR) is 112 cm³/mol. The molecule has 3 rings (SSSR count). The molecule has 1 unspecified atom stereocenters. The zero-order chi connectivity index (χ0) is 20.8. The Kier molecular flexibility index (Phi) is 6.82. The minimum absolute atomic E-state index is 0.0419. The summed E-state index contributed by atoms with van der Waals surface area (Å²) < 4.78 is 1.32. The van der Waals surface area contributed by atoms with E-state index in [4.69, 9.17) is 0 Å². The van der Waals surface area contributed by atoms with Crippen molar-refractivity contribution >= 4 is 11.8 Å². The Morgan fingerprint density at radius 2 is 1.76 bits per heavy atom. The molecule has 1 aliphatic rings. The first-order chi connectivity index (χ1) is 13.9. The van der Waals surface area contributed by atoms with E-state index in [9.17, 15) is 14.4 Å². The van der Waals surface area contributed by atoms with Crippen molar-refractivity contribution in [3.8, 4) is 0 Å². The zero-order valence-corrected chi connectivity index (χ0v) is 17.0. The van der Waals surface area contributed by atoms with Crippen molar-refractivity contribution < 1.29 is 9.59 Å². The van der Waals surface area contributed by atoms with Gasteiger partial charge >= 0.3 is 0 Å². The Bertz CT molecular complexity index is 902. The lowest BCUT2D eigenvalue weighted by atomic mass is 10.1. The van der Waals surface area contributed by atoms with Gasteiger partial charge in [-0.05, 0) is 38.6 Å². The van der Waals surface area contributed by atoms with Gasteiger partial charge in [0.15, 0.2) is 0 Å². The van der Waals surface area contributed by atoms with Gasteiger partial charge in [-0.1, -0.05) is 30.3 Å². The van der Waals surface area contributed by atoms with Crippen LogP contribution in [0.3, 0.4) is 0 Å². The summed E-state index contributed by atoms with van der Waals surface area (Å²) in [6, 6.07) is 12.4. The number of hydrogen-bond acceptors (Lipinski definition) is 4. The summed E-state index contributed by atoms with van der Waals surface area (Å²) >= 11 is 0. The lowest BCUT2D eigenvalue weighted by Gasteiger charge is -2.23. The molecule has 0 spiro atoms. The number of likely N-dealkylation sites (tertiary alicyclic amines) is 1. The molecule has 0 aliphatic carbocycles. The summed E-state index contributed by atoms with van der Waals surface area (Å²) in [6.07, 6.45) is 3.47. The molecule has 1 aromatic carbocycles. The van der Waals surface area contributed by atoms with Crippen LogP contribution >= 0.6 is 0 Å². The molecule has 0 saturated carbocycles. The van der Waals surface area contributed by atoms with Crippen LogP contribution in [0.25, 0.3) is 0 Å². The van der Waals surface area contributed by atoms with Gasteiger partial charge in [-0.3, -0.25) is 14.4 Å². The Hall–Kier alpha value is -2.93. The van der Waals surface area contributed by atoms with Crippen molar-refractivity contribution in [2.24, 2.45) is 0 Å². The number of nitrogens with one attached hydrogen (secondary N) is 1. The minimum Gasteiger partial charge on any atom is -0.344 e. The molecule has 1 saturated heterocycles. The summed E-state index contributed by atoms with van der Waals surface area (Å²) in [6.45, 7) is 2.07. The molecule has 154 valence electrons. The molecule has 1 aliphatic heterocycles. The van der Waals surface area contributed by atoms with Crippen LogP contribution in [0.5, 0.6) is 0 Å². The van der Waals surface area contributed by atoms with E-state index in [2.05, 4.69) is 5.32 Å². The number of amides is 2. The molecule has 1 atom stereocenters. The maximum Gasteiger partial charge on any atom is 0.253 e. The Morgan fingerprint density at radius 1 is 1.07 bits per heavy atom. The highest BCUT2D eigenvalue weighted by atomic mass is 16.2. The SMILES string of the molecule is CN(C)CC(NC(=O)c1ccc(=O)n(CC(=O)N2CCCC2)c1)c1ccccc1. The summed E-state index contributed by atoms with van der Waals surface area (Å²) in [5.41, 5.74) is 1.08. The molecule has 1 aromatic heterocycles. The van der Waals surface area contributed by atoms with Gasteiger partial charge in [0.05, 0.1) is 11.6 Å². The van der Waals surface area contributed by atoms with E-state index in [-0.39, 0.29) is 30.0 Å². The second-order valence-corrected chi connectivity index (χ2v) is 7.67. The van der Waals surface area contributed by atoms with E-state index < -0.39 is 0 Å². The van der Waals surface area contributed by atoms with Gasteiger partial charge in [-0.15, -0.1) is 0 Å². The maximum atomic E-state index is 12.9. The molecule has 0 radical (unpaired) electrons. The molecule has 2 amide bonds. The van der Waals surface area contributed by atoms with E-state index in [1.807, 2.05) is 49.3 Å². The van der Waals surface area contributed by atoms with Gasteiger partial charge in [0, 0.05) is 31.9 Å². The number of aromatic nitrogens is 1. The Morgan fingerprint density at radius 3 is 2.41 bits per heavy atom. The van der Waals surface area contributed by atoms with Crippen LogP contribution in [0, 0.1) is 0 Å². The maximum absolute atomic E-state index is 12.9. The minimum atomic E-state index is -0.290. The third-order valence-corrected chi connectivity index (χ3v) is 5.07. The lowest BCUT2D eigenvalue weighted by molar-refractivity contribution is -0.130. The summed E-state index contributed by atoms with van der Waals surface area (Å²) in [7, 11) is 3.90. The average Bonchev–Trinajstić information content (AvgIpc) is 3.24. The van der Waals surface area contributed by atoms with Crippen molar-refractivity contribution in [2.45, 2.75) is 25.4 Å². The number of nitrogens with zero attached hydrogens (tertiary/aromatic N) is 3. The van der Waals surface area contributed by atoms with Gasteiger partial charge in [-0.2, -0.15) is 0 Å². The Balaban J connectivity index is 1.75. The Labute approximate surface area is 170 Å². The van der Waals surface area contributed by atoms with Crippen molar-refractivity contribution in [1.82, 2.24) is 19.7 Å². The summed E-state index contributed by atoms with van der Waals surface area (Å²) in [5.74, 6) is -0.361. The number of carbonyl (C=O) groups is 2. The number of hydrogen-bond donors (Lipinski definition) is 1. The third kappa shape index (κ3) is 5.54. The van der Waals surface area contributed by atoms with Crippen molar-refractivity contribution in [3.63, 3.8) is 0 Å². The molecular formula is C22H28N4O3. The summed E-state index contributed by atoms with van der Waals surface area (Å²) in [4.78, 5) is 41.2. The molecule has 1 N–H and O–H groups in total. The number of pyridine rings is 1. The fraction of sp³-hybridized carbons (Fsp3) is 0.409. The van der Waals surface area contributed by atoms with Crippen LogP contribution in [0.2, 0.25) is 0 Å². The standard InChI is InChI=1S/C22H28N4O3/c1-24(2)15-19(17-8-4-3-5-9-17)23-22(29)18-10-11-20(27)26(14-18)16-21(28)25-12-6-7-13-25/h3-5,8-11,14,19H,6-7,12-13,15-16H2,1-2H3,(H,23,29). The largest absolute Gasteiger partial charge is 0.344 e. The molecular weight excluding hydrogens is 368 g/mol. The van der Waals surface area contributed by atoms with E-state index in [1.54, 1.807) is 4.90 Å². The third-order valence-electron chi connectivity index (χ3n) is 5.07. The van der Waals surface area contributed by atoms with Crippen LogP contribution in [-0.2, 0) is 11.3 Å². The number of rotatable bonds is 7. The molecule has 2 heterocycles. The van der Waals surface area contributed by atoms with Gasteiger partial charge in [0.2, 0.25) is 5.91 Å². The van der Waals surface area contributed by atoms with Crippen LogP contribution in [0.15, 0.2) is 53.5 Å². The quantitative estimate of drug-likeness (QED) is 0.770. The number of carbonyl (C=O) groups excluding carboxylic acids is 2. The van der Waals surface area contributed by atoms with Gasteiger partial charge in [0.1, 0.15) is 6.54 Å². The highest BCUT2D eigenvalue weighted by Gasteiger charge is 2.20. The lowest BCUT2D eigenvalue weighted by Crippen LogP contribution is -2.37. The predicted octanol–water partition coefficient (Wildman–Crippen LogP) is 1.50. The normalized spacial score (nSPS) is 14.8. The van der Waals surface area contributed by atoms with Gasteiger partial charge < -0.3 is 19.7 Å². The second kappa shape index (κ2) is 9.52. The van der Waals surface area contributed by atoms with E-state index in [0.29, 0.717) is 12.1 Å². The topological polar surface area (TPSA) is 74.6 Å². The second-order valence-electron chi connectivity index (χ2n) is 7.67. The van der Waals surface area contributed by atoms with E-state index in [0.717, 1.165) is 31.5 Å². The van der Waals surface area contributed by atoms with Crippen molar-refractivity contribution in [2.75, 3.05) is 33.7 Å². The van der Waals surface area contributed by atoms with Crippen LogP contribution in [0.4, 0.5) is 0 Å². The van der Waals surface area contributed by atoms with Gasteiger partial charge in [-0.25, -0.2) is 0 Å². The number of likely N-dealkylation sites (N-methyl/N-ethyl adjacent to an activating group) is 1. The molecule has 1 fully saturated rings. The fourth-order valence-electron chi connectivity index (χ4n) is 3.53. The monoisotopic (exact) mass is 396 g/mol. The molecule has 7 nitrogen and oxygen atoms in total. The molecule has 2 aromatic rings. The van der Waals surface area contributed by atoms with Gasteiger partial charge in [0.25, 0.3) is 11.5 Å². The molecule has 29 heavy (non-hydrogen) atoms. The van der Waals surface area contributed by atoms with Crippen molar-refractivity contribution in [1.29, 1.82) is 0 Å². The first-order valence-corrected chi connectivity index (χ1v) is 9.93. The van der Waals surface area contributed by atoms with Crippen LogP contribution in [0.1, 0.15) is 34.8 Å². The van der Waals surface area contributed by atoms with Crippen LogP contribution < -0.4 is 10.9 Å². The van der Waals surface area contributed by atoms with Crippen LogP contribution in [-0.4, -0.2) is 59.9 Å². The first kappa shape index (κ1) is 20.8. The highest BCUT2D eigenvalue weighted by molar-refractivity contribution is 5.94. The van der Waals surface area contributed by atoms with Crippen molar-refractivity contribution in [3.05, 3.63) is 70.1 Å². The van der Waals surface area contributed by atoms with E-state index in [1.165, 1.54) is 22.9 Å². The van der Waals surface area contributed by atoms with E-state index >= 15 is 0 Å². The zero-order valence-electron chi connectivity index (χ0n) is 17.0. The molecule has 0 bridgehead atoms. The molecule has 7 heteroatoms. The smallest absolute Gasteiger partial charge is 0.253 e. The average molecular weight is 396 g/mol. The fourth-order valence-corrected chi connectivity index (χ4v) is 3.53. The first-order valence-electron chi connectivity index (χ1n) is 9.93. The number of benzene rings is 1. The summed E-state index contributed by atoms with van der Waals surface area (Å²) in [5, 5.41) is 3.04.